The second kappa shape index (κ2) is 8.61. The van der Waals surface area contributed by atoms with Gasteiger partial charge in [-0.3, -0.25) is 9.69 Å². The number of amides is 1. The number of hydrogen-bond acceptors (Lipinski definition) is 5. The third kappa shape index (κ3) is 4.91. The van der Waals surface area contributed by atoms with E-state index in [0.29, 0.717) is 12.5 Å². The quantitative estimate of drug-likeness (QED) is 0.856. The van der Waals surface area contributed by atoms with E-state index < -0.39 is 0 Å². The third-order valence-electron chi connectivity index (χ3n) is 5.42. The molecular weight excluding hydrogens is 314 g/mol. The van der Waals surface area contributed by atoms with Crippen LogP contribution in [0.1, 0.15) is 50.6 Å². The summed E-state index contributed by atoms with van der Waals surface area (Å²) in [7, 11) is 3.88. The van der Waals surface area contributed by atoms with E-state index in [1.54, 1.807) is 6.20 Å². The lowest BCUT2D eigenvalue weighted by molar-refractivity contribution is -0.125. The molecule has 0 bridgehead atoms. The van der Waals surface area contributed by atoms with Crippen LogP contribution in [-0.4, -0.2) is 54.0 Å². The van der Waals surface area contributed by atoms with E-state index in [9.17, 15) is 4.79 Å². The Hall–Kier alpha value is -1.69. The van der Waals surface area contributed by atoms with Crippen LogP contribution < -0.4 is 10.2 Å². The SMILES string of the molecule is CN(C)c1nccc(CN2CCCC2C(=O)NCC2CCCCC2)n1. The molecule has 3 rings (SSSR count). The second-order valence-corrected chi connectivity index (χ2v) is 7.62. The largest absolute Gasteiger partial charge is 0.354 e. The molecule has 0 spiro atoms. The maximum Gasteiger partial charge on any atom is 0.237 e. The summed E-state index contributed by atoms with van der Waals surface area (Å²) in [6, 6.07) is 1.93. The molecule has 1 amide bonds. The molecule has 6 heteroatoms. The van der Waals surface area contributed by atoms with E-state index in [1.807, 2.05) is 25.1 Å². The molecule has 1 unspecified atom stereocenters. The first kappa shape index (κ1) is 18.1. The number of anilines is 1. The summed E-state index contributed by atoms with van der Waals surface area (Å²) in [5.41, 5.74) is 0.977. The predicted molar refractivity (Wildman–Crippen MR) is 99.4 cm³/mol. The van der Waals surface area contributed by atoms with E-state index >= 15 is 0 Å². The molecule has 1 saturated carbocycles. The minimum Gasteiger partial charge on any atom is -0.354 e. The average Bonchev–Trinajstić information content (AvgIpc) is 3.09. The van der Waals surface area contributed by atoms with Crippen molar-refractivity contribution < 1.29 is 4.79 Å². The first-order chi connectivity index (χ1) is 12.1. The summed E-state index contributed by atoms with van der Waals surface area (Å²) in [5, 5.41) is 3.22. The lowest BCUT2D eigenvalue weighted by Gasteiger charge is -2.26. The summed E-state index contributed by atoms with van der Waals surface area (Å²) < 4.78 is 0. The standard InChI is InChI=1S/C19H31N5O/c1-23(2)19-20-11-10-16(22-19)14-24-12-6-9-17(24)18(25)21-13-15-7-4-3-5-8-15/h10-11,15,17H,3-9,12-14H2,1-2H3,(H,21,25). The zero-order chi connectivity index (χ0) is 17.6. The van der Waals surface area contributed by atoms with Crippen LogP contribution in [0.15, 0.2) is 12.3 Å². The highest BCUT2D eigenvalue weighted by Gasteiger charge is 2.31. The van der Waals surface area contributed by atoms with Crippen molar-refractivity contribution in [3.63, 3.8) is 0 Å². The van der Waals surface area contributed by atoms with Gasteiger partial charge >= 0.3 is 0 Å². The molecule has 6 nitrogen and oxygen atoms in total. The molecule has 0 radical (unpaired) electrons. The van der Waals surface area contributed by atoms with Gasteiger partial charge in [0, 0.05) is 33.4 Å². The van der Waals surface area contributed by atoms with Gasteiger partial charge in [0.2, 0.25) is 11.9 Å². The molecule has 138 valence electrons. The monoisotopic (exact) mass is 345 g/mol. The lowest BCUT2D eigenvalue weighted by atomic mass is 9.89. The first-order valence-electron chi connectivity index (χ1n) is 9.64. The molecule has 1 N–H and O–H groups in total. The van der Waals surface area contributed by atoms with Gasteiger partial charge in [0.1, 0.15) is 0 Å². The van der Waals surface area contributed by atoms with Gasteiger partial charge < -0.3 is 10.2 Å². The van der Waals surface area contributed by atoms with Crippen molar-refractivity contribution in [2.24, 2.45) is 5.92 Å². The Morgan fingerprint density at radius 2 is 2.04 bits per heavy atom. The second-order valence-electron chi connectivity index (χ2n) is 7.62. The molecule has 2 heterocycles. The number of rotatable bonds is 6. The van der Waals surface area contributed by atoms with Crippen LogP contribution in [0.3, 0.4) is 0 Å². The molecular formula is C19H31N5O. The Labute approximate surface area is 151 Å². The average molecular weight is 345 g/mol. The highest BCUT2D eigenvalue weighted by atomic mass is 16.2. The number of aromatic nitrogens is 2. The molecule has 1 aliphatic carbocycles. The number of carbonyl (C=O) groups is 1. The first-order valence-corrected chi connectivity index (χ1v) is 9.64. The van der Waals surface area contributed by atoms with Gasteiger partial charge in [0.25, 0.3) is 0 Å². The van der Waals surface area contributed by atoms with Crippen LogP contribution in [0.2, 0.25) is 0 Å². The Balaban J connectivity index is 1.54. The summed E-state index contributed by atoms with van der Waals surface area (Å²) in [6.07, 6.45) is 10.3. The minimum absolute atomic E-state index is 0.0126. The van der Waals surface area contributed by atoms with Crippen molar-refractivity contribution in [2.75, 3.05) is 32.1 Å². The van der Waals surface area contributed by atoms with Crippen LogP contribution in [0, 0.1) is 5.92 Å². The summed E-state index contributed by atoms with van der Waals surface area (Å²) in [5.74, 6) is 1.59. The van der Waals surface area contributed by atoms with Gasteiger partial charge in [-0.25, -0.2) is 9.97 Å². The molecule has 1 aromatic heterocycles. The highest BCUT2D eigenvalue weighted by molar-refractivity contribution is 5.82. The van der Waals surface area contributed by atoms with Crippen molar-refractivity contribution in [2.45, 2.75) is 57.5 Å². The third-order valence-corrected chi connectivity index (χ3v) is 5.42. The van der Waals surface area contributed by atoms with Crippen LogP contribution >= 0.6 is 0 Å². The number of nitrogens with zero attached hydrogens (tertiary/aromatic N) is 4. The van der Waals surface area contributed by atoms with Crippen molar-refractivity contribution in [1.29, 1.82) is 0 Å². The number of nitrogens with one attached hydrogen (secondary N) is 1. The molecule has 2 fully saturated rings. The fourth-order valence-electron chi connectivity index (χ4n) is 3.96. The Morgan fingerprint density at radius 1 is 1.24 bits per heavy atom. The van der Waals surface area contributed by atoms with Gasteiger partial charge in [-0.1, -0.05) is 19.3 Å². The van der Waals surface area contributed by atoms with Crippen molar-refractivity contribution in [3.05, 3.63) is 18.0 Å². The van der Waals surface area contributed by atoms with Gasteiger partial charge in [0.15, 0.2) is 0 Å². The molecule has 0 aromatic carbocycles. The molecule has 1 aliphatic heterocycles. The Bertz CT molecular complexity index is 571. The summed E-state index contributed by atoms with van der Waals surface area (Å²) in [6.45, 7) is 2.52. The zero-order valence-corrected chi connectivity index (χ0v) is 15.6. The van der Waals surface area contributed by atoms with E-state index in [4.69, 9.17) is 0 Å². The number of hydrogen-bond donors (Lipinski definition) is 1. The molecule has 2 aliphatic rings. The van der Waals surface area contributed by atoms with Gasteiger partial charge in [-0.05, 0) is 44.2 Å². The minimum atomic E-state index is -0.0126. The number of carbonyl (C=O) groups excluding carboxylic acids is 1. The molecule has 1 aromatic rings. The van der Waals surface area contributed by atoms with E-state index in [2.05, 4.69) is 20.2 Å². The lowest BCUT2D eigenvalue weighted by Crippen LogP contribution is -2.44. The summed E-state index contributed by atoms with van der Waals surface area (Å²) in [4.78, 5) is 25.7. The predicted octanol–water partition coefficient (Wildman–Crippen LogP) is 2.20. The maximum absolute atomic E-state index is 12.7. The van der Waals surface area contributed by atoms with E-state index in [-0.39, 0.29) is 11.9 Å². The normalized spacial score (nSPS) is 22.1. The molecule has 1 atom stereocenters. The zero-order valence-electron chi connectivity index (χ0n) is 15.6. The molecule has 25 heavy (non-hydrogen) atoms. The van der Waals surface area contributed by atoms with Crippen LogP contribution in [0.4, 0.5) is 5.95 Å². The maximum atomic E-state index is 12.7. The number of likely N-dealkylation sites (tertiary alicyclic amines) is 1. The van der Waals surface area contributed by atoms with E-state index in [0.717, 1.165) is 37.6 Å². The smallest absolute Gasteiger partial charge is 0.237 e. The van der Waals surface area contributed by atoms with Crippen LogP contribution in [0.5, 0.6) is 0 Å². The van der Waals surface area contributed by atoms with Crippen molar-refractivity contribution in [1.82, 2.24) is 20.2 Å². The molecule has 1 saturated heterocycles. The Morgan fingerprint density at radius 3 is 2.80 bits per heavy atom. The Kier molecular flexibility index (Phi) is 6.24. The van der Waals surface area contributed by atoms with Gasteiger partial charge in [0.05, 0.1) is 11.7 Å². The van der Waals surface area contributed by atoms with Gasteiger partial charge in [-0.2, -0.15) is 0 Å². The summed E-state index contributed by atoms with van der Waals surface area (Å²) >= 11 is 0. The van der Waals surface area contributed by atoms with Crippen molar-refractivity contribution >= 4 is 11.9 Å². The topological polar surface area (TPSA) is 61.4 Å². The van der Waals surface area contributed by atoms with Crippen LogP contribution in [0.25, 0.3) is 0 Å². The highest BCUT2D eigenvalue weighted by Crippen LogP contribution is 2.24. The van der Waals surface area contributed by atoms with E-state index in [1.165, 1.54) is 32.1 Å². The fraction of sp³-hybridized carbons (Fsp3) is 0.737. The van der Waals surface area contributed by atoms with Gasteiger partial charge in [-0.15, -0.1) is 0 Å². The fourth-order valence-corrected chi connectivity index (χ4v) is 3.96. The van der Waals surface area contributed by atoms with Crippen LogP contribution in [-0.2, 0) is 11.3 Å². The van der Waals surface area contributed by atoms with Crippen molar-refractivity contribution in [3.8, 4) is 0 Å².